The van der Waals surface area contributed by atoms with Crippen molar-refractivity contribution in [1.82, 2.24) is 0 Å². The van der Waals surface area contributed by atoms with Crippen LogP contribution in [0.4, 0.5) is 23.2 Å². The van der Waals surface area contributed by atoms with Crippen molar-refractivity contribution in [2.75, 3.05) is 5.32 Å². The molecule has 0 heterocycles. The van der Waals surface area contributed by atoms with Gasteiger partial charge in [-0.2, -0.15) is 13.2 Å². The van der Waals surface area contributed by atoms with Crippen molar-refractivity contribution in [3.8, 4) is 0 Å². The Morgan fingerprint density at radius 1 is 1.10 bits per heavy atom. The minimum Gasteiger partial charge on any atom is -0.381 e. The molecule has 7 heteroatoms. The van der Waals surface area contributed by atoms with Crippen molar-refractivity contribution < 1.29 is 17.6 Å². The summed E-state index contributed by atoms with van der Waals surface area (Å²) in [6.07, 6.45) is -4.73. The first-order valence-corrected chi connectivity index (χ1v) is 6.99. The Balaban J connectivity index is 2.19. The van der Waals surface area contributed by atoms with Crippen LogP contribution in [-0.4, -0.2) is 0 Å². The van der Waals surface area contributed by atoms with Crippen LogP contribution in [0.2, 0.25) is 5.02 Å². The molecule has 2 rings (SSSR count). The number of alkyl halides is 3. The third kappa shape index (κ3) is 4.11. The van der Waals surface area contributed by atoms with E-state index < -0.39 is 17.6 Å². The van der Waals surface area contributed by atoms with Crippen LogP contribution in [0.15, 0.2) is 40.9 Å². The second-order valence-corrected chi connectivity index (χ2v) is 5.60. The Labute approximate surface area is 132 Å². The SMILES string of the molecule is Fc1ccc(NCc2cc(Br)ccc2Cl)cc1C(F)(F)F. The van der Waals surface area contributed by atoms with E-state index in [0.717, 1.165) is 16.6 Å². The number of rotatable bonds is 3. The minimum atomic E-state index is -4.73. The zero-order valence-corrected chi connectivity index (χ0v) is 12.8. The van der Waals surface area contributed by atoms with E-state index in [-0.39, 0.29) is 12.2 Å². The summed E-state index contributed by atoms with van der Waals surface area (Å²) in [7, 11) is 0. The molecule has 1 N–H and O–H groups in total. The van der Waals surface area contributed by atoms with Crippen molar-refractivity contribution in [2.24, 2.45) is 0 Å². The van der Waals surface area contributed by atoms with Crippen molar-refractivity contribution in [1.29, 1.82) is 0 Å². The van der Waals surface area contributed by atoms with E-state index in [1.54, 1.807) is 18.2 Å². The van der Waals surface area contributed by atoms with E-state index in [9.17, 15) is 17.6 Å². The number of hydrogen-bond donors (Lipinski definition) is 1. The molecule has 0 aliphatic rings. The van der Waals surface area contributed by atoms with Gasteiger partial charge in [0.2, 0.25) is 0 Å². The second kappa shape index (κ2) is 6.23. The van der Waals surface area contributed by atoms with Crippen LogP contribution < -0.4 is 5.32 Å². The molecule has 112 valence electrons. The van der Waals surface area contributed by atoms with Gasteiger partial charge in [0.15, 0.2) is 0 Å². The lowest BCUT2D eigenvalue weighted by Crippen LogP contribution is -2.09. The van der Waals surface area contributed by atoms with Gasteiger partial charge in [0.1, 0.15) is 5.82 Å². The molecule has 21 heavy (non-hydrogen) atoms. The first kappa shape index (κ1) is 16.1. The summed E-state index contributed by atoms with van der Waals surface area (Å²) >= 11 is 9.28. The summed E-state index contributed by atoms with van der Waals surface area (Å²) in [4.78, 5) is 0. The van der Waals surface area contributed by atoms with E-state index in [1.165, 1.54) is 6.07 Å². The van der Waals surface area contributed by atoms with Crippen LogP contribution in [0.25, 0.3) is 0 Å². The zero-order valence-electron chi connectivity index (χ0n) is 10.4. The van der Waals surface area contributed by atoms with E-state index in [4.69, 9.17) is 11.6 Å². The van der Waals surface area contributed by atoms with Gasteiger partial charge in [-0.05, 0) is 42.0 Å². The highest BCUT2D eigenvalue weighted by atomic mass is 79.9. The monoisotopic (exact) mass is 381 g/mol. The van der Waals surface area contributed by atoms with E-state index in [0.29, 0.717) is 10.6 Å². The maximum absolute atomic E-state index is 13.2. The predicted molar refractivity (Wildman–Crippen MR) is 77.9 cm³/mol. The number of anilines is 1. The highest BCUT2D eigenvalue weighted by Gasteiger charge is 2.34. The molecule has 0 saturated heterocycles. The van der Waals surface area contributed by atoms with Gasteiger partial charge in [0.25, 0.3) is 0 Å². The predicted octanol–water partition coefficient (Wildman–Crippen LogP) is 5.87. The van der Waals surface area contributed by atoms with Crippen LogP contribution in [0.5, 0.6) is 0 Å². The summed E-state index contributed by atoms with van der Waals surface area (Å²) in [5.74, 6) is -1.30. The normalized spacial score (nSPS) is 11.5. The number of benzene rings is 2. The van der Waals surface area contributed by atoms with E-state index in [2.05, 4.69) is 21.2 Å². The molecule has 0 bridgehead atoms. The average molecular weight is 383 g/mol. The van der Waals surface area contributed by atoms with Crippen molar-refractivity contribution in [3.05, 3.63) is 62.8 Å². The van der Waals surface area contributed by atoms with Crippen LogP contribution in [-0.2, 0) is 12.7 Å². The molecule has 1 nitrogen and oxygen atoms in total. The van der Waals surface area contributed by atoms with Gasteiger partial charge < -0.3 is 5.32 Å². The Bertz CT molecular complexity index is 658. The van der Waals surface area contributed by atoms with Crippen LogP contribution in [0.3, 0.4) is 0 Å². The molecule has 0 atom stereocenters. The highest BCUT2D eigenvalue weighted by molar-refractivity contribution is 9.10. The molecule has 0 spiro atoms. The molecule has 0 aromatic heterocycles. The van der Waals surface area contributed by atoms with Crippen LogP contribution >= 0.6 is 27.5 Å². The zero-order chi connectivity index (χ0) is 15.6. The largest absolute Gasteiger partial charge is 0.419 e. The molecule has 0 fully saturated rings. The van der Waals surface area contributed by atoms with Gasteiger partial charge in [-0.1, -0.05) is 27.5 Å². The van der Waals surface area contributed by atoms with Crippen molar-refractivity contribution in [2.45, 2.75) is 12.7 Å². The third-order valence-corrected chi connectivity index (χ3v) is 3.62. The summed E-state index contributed by atoms with van der Waals surface area (Å²) in [6.45, 7) is 0.223. The van der Waals surface area contributed by atoms with Gasteiger partial charge >= 0.3 is 6.18 Å². The summed E-state index contributed by atoms with van der Waals surface area (Å²) in [5.41, 5.74) is -0.420. The standard InChI is InChI=1S/C14H9BrClF4N/c15-9-1-3-12(16)8(5-9)7-21-10-2-4-13(17)11(6-10)14(18,19)20/h1-6,21H,7H2. The molecular formula is C14H9BrClF4N. The fourth-order valence-electron chi connectivity index (χ4n) is 1.73. The molecule has 0 aliphatic heterocycles. The Morgan fingerprint density at radius 2 is 1.81 bits per heavy atom. The molecule has 0 saturated carbocycles. The quantitative estimate of drug-likeness (QED) is 0.654. The fraction of sp³-hybridized carbons (Fsp3) is 0.143. The Hall–Kier alpha value is -1.27. The lowest BCUT2D eigenvalue weighted by atomic mass is 10.1. The molecule has 0 radical (unpaired) electrons. The van der Waals surface area contributed by atoms with E-state index in [1.807, 2.05) is 0 Å². The first-order valence-electron chi connectivity index (χ1n) is 5.82. The van der Waals surface area contributed by atoms with E-state index >= 15 is 0 Å². The van der Waals surface area contributed by atoms with Gasteiger partial charge in [0, 0.05) is 21.7 Å². The Morgan fingerprint density at radius 3 is 2.48 bits per heavy atom. The molecular weight excluding hydrogens is 374 g/mol. The number of halogens is 6. The Kier molecular flexibility index (Phi) is 4.78. The van der Waals surface area contributed by atoms with Gasteiger partial charge in [-0.25, -0.2) is 4.39 Å². The average Bonchev–Trinajstić information content (AvgIpc) is 2.40. The first-order chi connectivity index (χ1) is 9.77. The second-order valence-electron chi connectivity index (χ2n) is 4.28. The van der Waals surface area contributed by atoms with Gasteiger partial charge in [-0.15, -0.1) is 0 Å². The number of hydrogen-bond acceptors (Lipinski definition) is 1. The van der Waals surface area contributed by atoms with Crippen molar-refractivity contribution in [3.63, 3.8) is 0 Å². The maximum atomic E-state index is 13.2. The number of nitrogens with one attached hydrogen (secondary N) is 1. The van der Waals surface area contributed by atoms with Crippen molar-refractivity contribution >= 4 is 33.2 Å². The third-order valence-electron chi connectivity index (χ3n) is 2.76. The molecule has 2 aromatic carbocycles. The molecule has 0 unspecified atom stereocenters. The summed E-state index contributed by atoms with van der Waals surface area (Å²) < 4.78 is 51.8. The summed E-state index contributed by atoms with van der Waals surface area (Å²) in [5, 5.41) is 3.29. The molecule has 0 aliphatic carbocycles. The fourth-order valence-corrected chi connectivity index (χ4v) is 2.32. The lowest BCUT2D eigenvalue weighted by Gasteiger charge is -2.12. The maximum Gasteiger partial charge on any atom is 0.419 e. The molecule has 0 amide bonds. The smallest absolute Gasteiger partial charge is 0.381 e. The minimum absolute atomic E-state index is 0.166. The lowest BCUT2D eigenvalue weighted by molar-refractivity contribution is -0.139. The van der Waals surface area contributed by atoms with Crippen LogP contribution in [0, 0.1) is 5.82 Å². The topological polar surface area (TPSA) is 12.0 Å². The van der Waals surface area contributed by atoms with Gasteiger partial charge in [-0.3, -0.25) is 0 Å². The highest BCUT2D eigenvalue weighted by Crippen LogP contribution is 2.33. The molecule has 2 aromatic rings. The van der Waals surface area contributed by atoms with Gasteiger partial charge in [0.05, 0.1) is 5.56 Å². The summed E-state index contributed by atoms with van der Waals surface area (Å²) in [6, 6.07) is 7.95. The van der Waals surface area contributed by atoms with Crippen LogP contribution in [0.1, 0.15) is 11.1 Å².